The Kier molecular flexibility index (Phi) is 6.48. The third-order valence-electron chi connectivity index (χ3n) is 6.49. The number of piperazine rings is 1. The minimum absolute atomic E-state index is 0.0357. The van der Waals surface area contributed by atoms with Crippen molar-refractivity contribution in [1.82, 2.24) is 19.7 Å². The lowest BCUT2D eigenvalue weighted by Crippen LogP contribution is -2.58. The van der Waals surface area contributed by atoms with Crippen molar-refractivity contribution in [3.63, 3.8) is 0 Å². The second kappa shape index (κ2) is 9.49. The van der Waals surface area contributed by atoms with E-state index in [4.69, 9.17) is 11.6 Å². The van der Waals surface area contributed by atoms with Gasteiger partial charge >= 0.3 is 0 Å². The molecular weight excluding hydrogens is 529 g/mol. The van der Waals surface area contributed by atoms with Crippen molar-refractivity contribution in [3.8, 4) is 0 Å². The smallest absolute Gasteiger partial charge is 0.276 e. The van der Waals surface area contributed by atoms with Crippen LogP contribution in [0.15, 0.2) is 58.8 Å². The average Bonchev–Trinajstić information content (AvgIpc) is 3.64. The van der Waals surface area contributed by atoms with Crippen LogP contribution >= 0.6 is 11.6 Å². The molecule has 0 bridgehead atoms. The Morgan fingerprint density at radius 3 is 2.32 bits per heavy atom. The first-order valence-electron chi connectivity index (χ1n) is 11.4. The Hall–Kier alpha value is -3.38. The lowest BCUT2D eigenvalue weighted by atomic mass is 10.1. The van der Waals surface area contributed by atoms with Gasteiger partial charge in [-0.2, -0.15) is 13.2 Å². The second-order valence-electron chi connectivity index (χ2n) is 9.06. The number of aromatic nitrogens is 2. The molecular formula is C24H22ClF3N6O2S. The van der Waals surface area contributed by atoms with Crippen LogP contribution < -0.4 is 9.73 Å². The average molecular weight is 551 g/mol. The minimum Gasteiger partial charge on any atom is -0.345 e. The van der Waals surface area contributed by atoms with Gasteiger partial charge in [0.2, 0.25) is 5.95 Å². The van der Waals surface area contributed by atoms with Crippen LogP contribution in [0.3, 0.4) is 0 Å². The van der Waals surface area contributed by atoms with Crippen molar-refractivity contribution >= 4 is 33.4 Å². The van der Waals surface area contributed by atoms with Gasteiger partial charge in [-0.1, -0.05) is 29.3 Å². The molecule has 5 rings (SSSR count). The van der Waals surface area contributed by atoms with Crippen LogP contribution in [-0.2, 0) is 10.0 Å². The summed E-state index contributed by atoms with van der Waals surface area (Å²) in [5.41, 5.74) is -0.0480. The molecule has 194 valence electrons. The summed E-state index contributed by atoms with van der Waals surface area (Å²) >= 11 is 6.18. The van der Waals surface area contributed by atoms with E-state index < -0.39 is 38.0 Å². The van der Waals surface area contributed by atoms with Gasteiger partial charge < -0.3 is 9.80 Å². The highest BCUT2D eigenvalue weighted by Gasteiger charge is 2.53. The van der Waals surface area contributed by atoms with E-state index in [0.717, 1.165) is 30.1 Å². The summed E-state index contributed by atoms with van der Waals surface area (Å²) in [6.07, 6.45) is 3.48. The molecule has 1 aliphatic heterocycles. The maximum atomic E-state index is 15.1. The zero-order chi connectivity index (χ0) is 26.4. The number of sulfonamides is 1. The van der Waals surface area contributed by atoms with Crippen molar-refractivity contribution in [3.05, 3.63) is 82.4 Å². The largest absolute Gasteiger partial charge is 0.345 e. The molecule has 8 nitrogen and oxygen atoms in total. The highest BCUT2D eigenvalue weighted by molar-refractivity contribution is 7.89. The number of nitrogens with one attached hydrogen (secondary N) is 1. The normalized spacial score (nSPS) is 17.3. The number of rotatable bonds is 5. The van der Waals surface area contributed by atoms with Gasteiger partial charge in [0.15, 0.2) is 11.7 Å². The Morgan fingerprint density at radius 1 is 1.03 bits per heavy atom. The number of halogens is 4. The van der Waals surface area contributed by atoms with E-state index in [-0.39, 0.29) is 22.8 Å². The van der Waals surface area contributed by atoms with Crippen LogP contribution in [0.5, 0.6) is 0 Å². The molecule has 1 spiro atoms. The Balaban J connectivity index is 1.52. The molecule has 1 aromatic heterocycles. The fourth-order valence-electron chi connectivity index (χ4n) is 4.38. The number of hydrogen-bond acceptors (Lipinski definition) is 6. The summed E-state index contributed by atoms with van der Waals surface area (Å²) in [6, 6.07) is 7.93. The van der Waals surface area contributed by atoms with Crippen LogP contribution in [0.4, 0.5) is 19.1 Å². The molecule has 2 heterocycles. The van der Waals surface area contributed by atoms with Crippen LogP contribution in [-0.4, -0.2) is 54.3 Å². The van der Waals surface area contributed by atoms with Crippen LogP contribution in [0.25, 0.3) is 0 Å². The Labute approximate surface area is 216 Å². The van der Waals surface area contributed by atoms with Gasteiger partial charge in [0.25, 0.3) is 10.0 Å². The van der Waals surface area contributed by atoms with Crippen molar-refractivity contribution in [2.45, 2.75) is 30.2 Å². The minimum atomic E-state index is -4.12. The molecule has 2 fully saturated rings. The fourth-order valence-corrected chi connectivity index (χ4v) is 5.42. The summed E-state index contributed by atoms with van der Waals surface area (Å²) < 4.78 is 68.7. The van der Waals surface area contributed by atoms with E-state index in [1.54, 1.807) is 17.0 Å². The number of amidine groups is 1. The highest BCUT2D eigenvalue weighted by Crippen LogP contribution is 2.46. The van der Waals surface area contributed by atoms with Gasteiger partial charge in [-0.15, -0.1) is 5.10 Å². The first kappa shape index (κ1) is 25.3. The van der Waals surface area contributed by atoms with Crippen molar-refractivity contribution in [2.24, 2.45) is 5.10 Å². The maximum Gasteiger partial charge on any atom is 0.276 e. The molecule has 1 aliphatic carbocycles. The van der Waals surface area contributed by atoms with Crippen molar-refractivity contribution < 1.29 is 21.6 Å². The molecule has 3 aromatic rings. The summed E-state index contributed by atoms with van der Waals surface area (Å²) in [6.45, 7) is 2.79. The number of anilines is 1. The summed E-state index contributed by atoms with van der Waals surface area (Å²) in [5, 5.41) is 3.60. The number of hydrazone groups is 1. The molecule has 13 heteroatoms. The van der Waals surface area contributed by atoms with Gasteiger partial charge in [-0.05, 0) is 44.0 Å². The first-order chi connectivity index (χ1) is 17.6. The lowest BCUT2D eigenvalue weighted by molar-refractivity contribution is 0.257. The predicted octanol–water partition coefficient (Wildman–Crippen LogP) is 3.85. The number of benzene rings is 2. The summed E-state index contributed by atoms with van der Waals surface area (Å²) in [7, 11) is -4.12. The molecule has 0 atom stereocenters. The zero-order valence-corrected chi connectivity index (χ0v) is 21.2. The van der Waals surface area contributed by atoms with Gasteiger partial charge in [0.1, 0.15) is 11.6 Å². The quantitative estimate of drug-likeness (QED) is 0.225. The van der Waals surface area contributed by atoms with Crippen LogP contribution in [0.1, 0.15) is 24.0 Å². The topological polar surface area (TPSA) is 90.8 Å². The van der Waals surface area contributed by atoms with Crippen molar-refractivity contribution in [1.29, 1.82) is 0 Å². The Bertz CT molecular complexity index is 1470. The SMILES string of the molecule is Cc1ccc(S(=O)(=O)N/N=C(/c2c(F)ccc(F)c2Cl)N2CCN(c3ncc(F)cn3)CC23CC3)cc1. The standard InChI is InChI=1S/C24H22ClF3N6O2S/c1-15-2-4-17(5-3-15)37(35,36)32-31-22(20-18(27)6-7-19(28)21(20)25)34-11-10-33(14-24(34)8-9-24)23-29-12-16(26)13-30-23/h2-7,12-13,32H,8-11,14H2,1H3/b31-22-. The fraction of sp³-hybridized carbons (Fsp3) is 0.292. The van der Waals surface area contributed by atoms with Gasteiger partial charge in [-0.3, -0.25) is 0 Å². The van der Waals surface area contributed by atoms with E-state index in [9.17, 15) is 17.2 Å². The molecule has 1 N–H and O–H groups in total. The molecule has 2 aromatic carbocycles. The molecule has 37 heavy (non-hydrogen) atoms. The number of aryl methyl sites for hydroxylation is 1. The summed E-state index contributed by atoms with van der Waals surface area (Å²) in [5.74, 6) is -2.07. The lowest BCUT2D eigenvalue weighted by Gasteiger charge is -2.43. The molecule has 1 saturated carbocycles. The third kappa shape index (κ3) is 4.95. The van der Waals surface area contributed by atoms with E-state index in [2.05, 4.69) is 19.9 Å². The monoisotopic (exact) mass is 550 g/mol. The molecule has 2 aliphatic rings. The van der Waals surface area contributed by atoms with Gasteiger partial charge in [0, 0.05) is 19.6 Å². The van der Waals surface area contributed by atoms with Crippen molar-refractivity contribution in [2.75, 3.05) is 24.5 Å². The van der Waals surface area contributed by atoms with Gasteiger partial charge in [0.05, 0.1) is 33.4 Å². The highest BCUT2D eigenvalue weighted by atomic mass is 35.5. The van der Waals surface area contributed by atoms with Crippen LogP contribution in [0.2, 0.25) is 5.02 Å². The van der Waals surface area contributed by atoms with Crippen LogP contribution in [0, 0.1) is 24.4 Å². The third-order valence-corrected chi connectivity index (χ3v) is 8.09. The molecule has 1 saturated heterocycles. The molecule has 0 unspecified atom stereocenters. The maximum absolute atomic E-state index is 15.1. The Morgan fingerprint density at radius 2 is 1.68 bits per heavy atom. The molecule has 0 amide bonds. The predicted molar refractivity (Wildman–Crippen MR) is 132 cm³/mol. The van der Waals surface area contributed by atoms with Gasteiger partial charge in [-0.25, -0.2) is 23.1 Å². The number of nitrogens with zero attached hydrogens (tertiary/aromatic N) is 5. The molecule has 0 radical (unpaired) electrons. The zero-order valence-electron chi connectivity index (χ0n) is 19.6. The first-order valence-corrected chi connectivity index (χ1v) is 13.3. The van der Waals surface area contributed by atoms with E-state index >= 15 is 4.39 Å². The number of hydrogen-bond donors (Lipinski definition) is 1. The van der Waals surface area contributed by atoms with E-state index in [0.29, 0.717) is 31.9 Å². The summed E-state index contributed by atoms with van der Waals surface area (Å²) in [4.78, 5) is 13.8. The second-order valence-corrected chi connectivity index (χ2v) is 11.1. The van der Waals surface area contributed by atoms with E-state index in [1.165, 1.54) is 12.1 Å². The van der Waals surface area contributed by atoms with E-state index in [1.807, 2.05) is 11.8 Å².